The van der Waals surface area contributed by atoms with Gasteiger partial charge in [0.2, 0.25) is 5.91 Å². The molecule has 1 fully saturated rings. The van der Waals surface area contributed by atoms with Crippen LogP contribution in [0, 0.1) is 0 Å². The van der Waals surface area contributed by atoms with E-state index in [9.17, 15) is 4.79 Å². The molecule has 0 aromatic carbocycles. The molecule has 1 atom stereocenters. The molecule has 1 unspecified atom stereocenters. The summed E-state index contributed by atoms with van der Waals surface area (Å²) >= 11 is 0. The van der Waals surface area contributed by atoms with Gasteiger partial charge in [0, 0.05) is 31.9 Å². The highest BCUT2D eigenvalue weighted by Crippen LogP contribution is 2.19. The van der Waals surface area contributed by atoms with Crippen molar-refractivity contribution in [1.29, 1.82) is 0 Å². The molecule has 1 amide bonds. The van der Waals surface area contributed by atoms with Gasteiger partial charge in [-0.05, 0) is 57.1 Å². The number of hydrogen-bond acceptors (Lipinski definition) is 5. The van der Waals surface area contributed by atoms with Crippen LogP contribution < -0.4 is 15.5 Å². The Morgan fingerprint density at radius 2 is 2.28 bits per heavy atom. The van der Waals surface area contributed by atoms with Crippen LogP contribution in [0.3, 0.4) is 0 Å². The number of allylic oxidation sites excluding steroid dienone is 1. The van der Waals surface area contributed by atoms with E-state index in [-0.39, 0.29) is 5.91 Å². The van der Waals surface area contributed by atoms with Crippen LogP contribution in [0.1, 0.15) is 44.9 Å². The van der Waals surface area contributed by atoms with Gasteiger partial charge in [0.1, 0.15) is 0 Å². The minimum atomic E-state index is 0.0908. The van der Waals surface area contributed by atoms with Crippen molar-refractivity contribution in [1.82, 2.24) is 20.8 Å². The number of carbonyl (C=O) groups excluding carboxylic acids is 1. The van der Waals surface area contributed by atoms with Crippen LogP contribution >= 0.6 is 0 Å². The number of nitrogens with one attached hydrogen (secondary N) is 2. The molecule has 25 heavy (non-hydrogen) atoms. The Labute approximate surface area is 150 Å². The summed E-state index contributed by atoms with van der Waals surface area (Å²) in [5.74, 6) is 1.01. The number of amides is 1. The van der Waals surface area contributed by atoms with E-state index in [0.717, 1.165) is 44.7 Å². The van der Waals surface area contributed by atoms with Gasteiger partial charge in [-0.15, -0.1) is 5.10 Å². The highest BCUT2D eigenvalue weighted by atomic mass is 16.1. The Bertz CT molecular complexity index is 574. The molecule has 1 saturated heterocycles. The summed E-state index contributed by atoms with van der Waals surface area (Å²) in [7, 11) is 0. The Morgan fingerprint density at radius 1 is 1.32 bits per heavy atom. The Hall–Kier alpha value is -1.95. The van der Waals surface area contributed by atoms with Crippen molar-refractivity contribution in [2.75, 3.05) is 31.1 Å². The van der Waals surface area contributed by atoms with Crippen molar-refractivity contribution < 1.29 is 4.79 Å². The molecular formula is C19H29N5O. The first-order valence-electron chi connectivity index (χ1n) is 9.52. The molecule has 0 saturated carbocycles. The summed E-state index contributed by atoms with van der Waals surface area (Å²) in [5, 5.41) is 14.6. The third-order valence-corrected chi connectivity index (χ3v) is 5.01. The lowest BCUT2D eigenvalue weighted by Crippen LogP contribution is -2.48. The number of nitrogens with zero attached hydrogens (tertiary/aromatic N) is 3. The van der Waals surface area contributed by atoms with Gasteiger partial charge in [-0.1, -0.05) is 11.6 Å². The molecule has 1 aromatic heterocycles. The van der Waals surface area contributed by atoms with Crippen LogP contribution in [0.15, 0.2) is 30.0 Å². The Kier molecular flexibility index (Phi) is 6.79. The molecule has 0 spiro atoms. The fraction of sp³-hybridized carbons (Fsp3) is 0.632. The van der Waals surface area contributed by atoms with Crippen molar-refractivity contribution in [2.45, 2.75) is 51.0 Å². The van der Waals surface area contributed by atoms with Gasteiger partial charge in [-0.2, -0.15) is 5.10 Å². The lowest BCUT2D eigenvalue weighted by atomic mass is 9.97. The number of carbonyl (C=O) groups is 1. The average molecular weight is 343 g/mol. The lowest BCUT2D eigenvalue weighted by molar-refractivity contribution is -0.120. The molecule has 2 heterocycles. The first-order chi connectivity index (χ1) is 12.3. The van der Waals surface area contributed by atoms with E-state index in [1.807, 2.05) is 12.1 Å². The van der Waals surface area contributed by atoms with Crippen molar-refractivity contribution >= 4 is 11.7 Å². The summed E-state index contributed by atoms with van der Waals surface area (Å²) in [6.07, 6.45) is 12.2. The SMILES string of the molecule is O=C(CNC1CCCN(c2cccnn2)C1)NCCC1=CCCCC1. The number of anilines is 1. The van der Waals surface area contributed by atoms with Crippen LogP contribution in [0.25, 0.3) is 0 Å². The quantitative estimate of drug-likeness (QED) is 0.742. The van der Waals surface area contributed by atoms with E-state index in [2.05, 4.69) is 31.8 Å². The lowest BCUT2D eigenvalue weighted by Gasteiger charge is -2.33. The van der Waals surface area contributed by atoms with E-state index < -0.39 is 0 Å². The minimum absolute atomic E-state index is 0.0908. The van der Waals surface area contributed by atoms with Crippen molar-refractivity contribution in [3.63, 3.8) is 0 Å². The maximum atomic E-state index is 12.0. The second kappa shape index (κ2) is 9.51. The van der Waals surface area contributed by atoms with Crippen LogP contribution in [0.4, 0.5) is 5.82 Å². The molecule has 2 N–H and O–H groups in total. The topological polar surface area (TPSA) is 70.2 Å². The molecule has 6 heteroatoms. The fourth-order valence-corrected chi connectivity index (χ4v) is 3.61. The minimum Gasteiger partial charge on any atom is -0.355 e. The van der Waals surface area contributed by atoms with Gasteiger partial charge in [0.25, 0.3) is 0 Å². The van der Waals surface area contributed by atoms with Gasteiger partial charge in [-0.3, -0.25) is 4.79 Å². The molecular weight excluding hydrogens is 314 g/mol. The molecule has 136 valence electrons. The number of hydrogen-bond donors (Lipinski definition) is 2. The number of piperidine rings is 1. The molecule has 2 aliphatic rings. The third-order valence-electron chi connectivity index (χ3n) is 5.01. The first kappa shape index (κ1) is 17.9. The molecule has 1 aromatic rings. The predicted octanol–water partition coefficient (Wildman–Crippen LogP) is 2.04. The van der Waals surface area contributed by atoms with E-state index in [1.165, 1.54) is 31.3 Å². The predicted molar refractivity (Wildman–Crippen MR) is 99.4 cm³/mol. The maximum Gasteiger partial charge on any atom is 0.233 e. The van der Waals surface area contributed by atoms with E-state index in [4.69, 9.17) is 0 Å². The number of rotatable bonds is 7. The van der Waals surface area contributed by atoms with Crippen LogP contribution in [0.2, 0.25) is 0 Å². The van der Waals surface area contributed by atoms with Crippen LogP contribution in [0.5, 0.6) is 0 Å². The van der Waals surface area contributed by atoms with E-state index >= 15 is 0 Å². The summed E-state index contributed by atoms with van der Waals surface area (Å²) in [6.45, 7) is 3.01. The normalized spacial score (nSPS) is 20.9. The van der Waals surface area contributed by atoms with Crippen molar-refractivity contribution in [2.24, 2.45) is 0 Å². The highest BCUT2D eigenvalue weighted by molar-refractivity contribution is 5.78. The molecule has 1 aliphatic carbocycles. The van der Waals surface area contributed by atoms with Gasteiger partial charge in [0.05, 0.1) is 6.54 Å². The Morgan fingerprint density at radius 3 is 3.08 bits per heavy atom. The molecule has 3 rings (SSSR count). The maximum absolute atomic E-state index is 12.0. The van der Waals surface area contributed by atoms with Crippen molar-refractivity contribution in [3.8, 4) is 0 Å². The van der Waals surface area contributed by atoms with Crippen LogP contribution in [-0.2, 0) is 4.79 Å². The molecule has 6 nitrogen and oxygen atoms in total. The summed E-state index contributed by atoms with van der Waals surface area (Å²) < 4.78 is 0. The molecule has 1 aliphatic heterocycles. The smallest absolute Gasteiger partial charge is 0.233 e. The van der Waals surface area contributed by atoms with Gasteiger partial charge < -0.3 is 15.5 Å². The van der Waals surface area contributed by atoms with Crippen LogP contribution in [-0.4, -0.2) is 48.3 Å². The Balaban J connectivity index is 1.34. The van der Waals surface area contributed by atoms with Gasteiger partial charge in [0.15, 0.2) is 5.82 Å². The molecule has 0 bridgehead atoms. The second-order valence-corrected chi connectivity index (χ2v) is 6.96. The zero-order valence-corrected chi connectivity index (χ0v) is 14.9. The van der Waals surface area contributed by atoms with Crippen molar-refractivity contribution in [3.05, 3.63) is 30.0 Å². The summed E-state index contributed by atoms with van der Waals surface area (Å²) in [4.78, 5) is 14.3. The third kappa shape index (κ3) is 5.81. The second-order valence-electron chi connectivity index (χ2n) is 6.96. The zero-order valence-electron chi connectivity index (χ0n) is 14.9. The van der Waals surface area contributed by atoms with E-state index in [1.54, 1.807) is 6.20 Å². The van der Waals surface area contributed by atoms with E-state index in [0.29, 0.717) is 12.6 Å². The zero-order chi connectivity index (χ0) is 17.3. The first-order valence-corrected chi connectivity index (χ1v) is 9.52. The standard InChI is InChI=1S/C19H29N5O/c25-19(20-12-10-16-6-2-1-3-7-16)14-21-17-8-5-13-24(15-17)18-9-4-11-22-23-18/h4,6,9,11,17,21H,1-3,5,7-8,10,12-15H2,(H,20,25). The fourth-order valence-electron chi connectivity index (χ4n) is 3.61. The largest absolute Gasteiger partial charge is 0.355 e. The highest BCUT2D eigenvalue weighted by Gasteiger charge is 2.21. The molecule has 0 radical (unpaired) electrons. The summed E-state index contributed by atoms with van der Waals surface area (Å²) in [5.41, 5.74) is 1.51. The average Bonchev–Trinajstić information content (AvgIpc) is 2.68. The monoisotopic (exact) mass is 343 g/mol. The van der Waals surface area contributed by atoms with Gasteiger partial charge in [-0.25, -0.2) is 0 Å². The summed E-state index contributed by atoms with van der Waals surface area (Å²) in [6, 6.07) is 4.22. The van der Waals surface area contributed by atoms with Gasteiger partial charge >= 0.3 is 0 Å². The number of aromatic nitrogens is 2.